The van der Waals surface area contributed by atoms with Crippen LogP contribution in [0.25, 0.3) is 0 Å². The van der Waals surface area contributed by atoms with Crippen LogP contribution in [-0.4, -0.2) is 47.3 Å². The Bertz CT molecular complexity index is 777. The lowest BCUT2D eigenvalue weighted by atomic mass is 9.71. The smallest absolute Gasteiger partial charge is 0.235 e. The molecule has 2 amide bonds. The number of halogens is 1. The van der Waals surface area contributed by atoms with Crippen LogP contribution >= 0.6 is 0 Å². The first kappa shape index (κ1) is 14.1. The van der Waals surface area contributed by atoms with Crippen molar-refractivity contribution in [1.82, 2.24) is 4.90 Å². The van der Waals surface area contributed by atoms with Crippen LogP contribution in [0.2, 0.25) is 0 Å². The number of carbonyl (C=O) groups excluding carboxylic acids is 2. The molecule has 4 aliphatic rings. The molecule has 124 valence electrons. The molecule has 0 spiro atoms. The van der Waals surface area contributed by atoms with Gasteiger partial charge in [0.05, 0.1) is 29.6 Å². The second-order valence-corrected chi connectivity index (χ2v) is 6.62. The molecule has 0 aromatic heterocycles. The average Bonchev–Trinajstić information content (AvgIpc) is 3.29. The number of nitrogens with zero attached hydrogens (tertiary/aromatic N) is 2. The van der Waals surface area contributed by atoms with Crippen molar-refractivity contribution in [3.05, 3.63) is 35.6 Å². The topological polar surface area (TPSA) is 68.2 Å². The molecule has 1 aromatic carbocycles. The zero-order chi connectivity index (χ0) is 16.6. The van der Waals surface area contributed by atoms with Crippen molar-refractivity contribution in [2.24, 2.45) is 22.9 Å². The minimum Gasteiger partial charge on any atom is -0.389 e. The third-order valence-corrected chi connectivity index (χ3v) is 5.59. The second kappa shape index (κ2) is 4.63. The van der Waals surface area contributed by atoms with Gasteiger partial charge in [-0.3, -0.25) is 14.5 Å². The van der Waals surface area contributed by atoms with E-state index in [1.54, 1.807) is 19.1 Å². The fourth-order valence-electron chi connectivity index (χ4n) is 4.59. The summed E-state index contributed by atoms with van der Waals surface area (Å²) in [7, 11) is 0. The van der Waals surface area contributed by atoms with Gasteiger partial charge in [-0.25, -0.2) is 4.39 Å². The molecule has 2 bridgehead atoms. The Balaban J connectivity index is 1.51. The van der Waals surface area contributed by atoms with E-state index in [0.717, 1.165) is 5.56 Å². The summed E-state index contributed by atoms with van der Waals surface area (Å²) in [6, 6.07) is 6.02. The summed E-state index contributed by atoms with van der Waals surface area (Å²) in [5.41, 5.74) is 1.42. The quantitative estimate of drug-likeness (QED) is 0.757. The molecule has 4 heterocycles. The molecular weight excluding hydrogens is 315 g/mol. The highest BCUT2D eigenvalue weighted by atomic mass is 19.1. The summed E-state index contributed by atoms with van der Waals surface area (Å²) in [6.07, 6.45) is -1.21. The Morgan fingerprint density at radius 2 is 1.71 bits per heavy atom. The van der Waals surface area contributed by atoms with Gasteiger partial charge in [-0.2, -0.15) is 0 Å². The standard InChI is InChI=1S/C17H15FN2O4/c1-2-20-16(21)9-10(17(20)22)14-15-11(13(9)23-14)12(19-24-15)7-3-5-8(18)6-4-7/h3-6,9-11,13-15H,2H2,1H3/t9-,10+,11+,13-,14-,15-/m1/s1. The SMILES string of the molecule is CCN1C(=O)[C@@H]2[C@H]3O[C@@H]([C@@H]4C(c5ccc(F)cc5)=NO[C@@H]34)[C@@H]2C1=O. The Labute approximate surface area is 137 Å². The van der Waals surface area contributed by atoms with Crippen LogP contribution in [0.4, 0.5) is 4.39 Å². The van der Waals surface area contributed by atoms with E-state index in [-0.39, 0.29) is 29.7 Å². The predicted molar refractivity (Wildman–Crippen MR) is 79.3 cm³/mol. The maximum absolute atomic E-state index is 13.2. The number of benzene rings is 1. The number of ether oxygens (including phenoxy) is 1. The first-order valence-corrected chi connectivity index (χ1v) is 8.12. The minimum atomic E-state index is -0.466. The zero-order valence-corrected chi connectivity index (χ0v) is 12.9. The van der Waals surface area contributed by atoms with E-state index in [9.17, 15) is 14.0 Å². The van der Waals surface area contributed by atoms with E-state index in [1.807, 2.05) is 0 Å². The van der Waals surface area contributed by atoms with Crippen LogP contribution < -0.4 is 0 Å². The van der Waals surface area contributed by atoms with Crippen molar-refractivity contribution >= 4 is 17.5 Å². The lowest BCUT2D eigenvalue weighted by Crippen LogP contribution is -2.45. The Hall–Kier alpha value is -2.28. The first-order chi connectivity index (χ1) is 11.6. The van der Waals surface area contributed by atoms with Crippen LogP contribution in [0.1, 0.15) is 12.5 Å². The van der Waals surface area contributed by atoms with Gasteiger partial charge >= 0.3 is 0 Å². The molecule has 6 atom stereocenters. The third-order valence-electron chi connectivity index (χ3n) is 5.59. The van der Waals surface area contributed by atoms with Crippen molar-refractivity contribution in [1.29, 1.82) is 0 Å². The Kier molecular flexibility index (Phi) is 2.72. The highest BCUT2D eigenvalue weighted by Crippen LogP contribution is 2.54. The van der Waals surface area contributed by atoms with E-state index in [4.69, 9.17) is 9.57 Å². The maximum atomic E-state index is 13.2. The molecule has 5 rings (SSSR count). The van der Waals surface area contributed by atoms with Gasteiger partial charge in [0.25, 0.3) is 0 Å². The molecule has 0 aliphatic carbocycles. The largest absolute Gasteiger partial charge is 0.389 e. The number of oxime groups is 1. The summed E-state index contributed by atoms with van der Waals surface area (Å²) in [5.74, 6) is -1.78. The number of carbonyl (C=O) groups is 2. The van der Waals surface area contributed by atoms with E-state index in [2.05, 4.69) is 5.16 Å². The molecule has 4 aliphatic heterocycles. The first-order valence-electron chi connectivity index (χ1n) is 8.12. The molecule has 1 aromatic rings. The molecule has 0 radical (unpaired) electrons. The van der Waals surface area contributed by atoms with Gasteiger partial charge in [0.2, 0.25) is 11.8 Å². The number of imide groups is 1. The summed E-state index contributed by atoms with van der Waals surface area (Å²) < 4.78 is 19.1. The number of likely N-dealkylation sites (tertiary alicyclic amines) is 1. The summed E-state index contributed by atoms with van der Waals surface area (Å²) >= 11 is 0. The molecule has 7 heteroatoms. The molecule has 0 unspecified atom stereocenters. The van der Waals surface area contributed by atoms with Gasteiger partial charge in [-0.05, 0) is 19.1 Å². The van der Waals surface area contributed by atoms with Gasteiger partial charge in [0.1, 0.15) is 11.9 Å². The van der Waals surface area contributed by atoms with Crippen LogP contribution in [-0.2, 0) is 19.2 Å². The maximum Gasteiger partial charge on any atom is 0.235 e. The van der Waals surface area contributed by atoms with Crippen molar-refractivity contribution < 1.29 is 23.6 Å². The van der Waals surface area contributed by atoms with Crippen LogP contribution in [0, 0.1) is 23.6 Å². The number of hydrogen-bond donors (Lipinski definition) is 0. The molecule has 0 N–H and O–H groups in total. The van der Waals surface area contributed by atoms with Gasteiger partial charge in [0.15, 0.2) is 6.10 Å². The van der Waals surface area contributed by atoms with Gasteiger partial charge in [-0.1, -0.05) is 17.3 Å². The average molecular weight is 330 g/mol. The van der Waals surface area contributed by atoms with Crippen LogP contribution in [0.3, 0.4) is 0 Å². The second-order valence-electron chi connectivity index (χ2n) is 6.62. The van der Waals surface area contributed by atoms with Gasteiger partial charge in [0, 0.05) is 12.1 Å². The molecular formula is C17H15FN2O4. The lowest BCUT2D eigenvalue weighted by Gasteiger charge is -2.26. The number of amides is 2. The normalized spacial score (nSPS) is 39.1. The van der Waals surface area contributed by atoms with Crippen molar-refractivity contribution in [3.63, 3.8) is 0 Å². The van der Waals surface area contributed by atoms with Gasteiger partial charge < -0.3 is 9.57 Å². The Morgan fingerprint density at radius 3 is 2.38 bits per heavy atom. The molecule has 3 saturated heterocycles. The molecule has 24 heavy (non-hydrogen) atoms. The zero-order valence-electron chi connectivity index (χ0n) is 12.9. The number of fused-ring (bicyclic) bond motifs is 8. The van der Waals surface area contributed by atoms with Crippen LogP contribution in [0.5, 0.6) is 0 Å². The van der Waals surface area contributed by atoms with Crippen molar-refractivity contribution in [2.75, 3.05) is 6.54 Å². The van der Waals surface area contributed by atoms with Crippen molar-refractivity contribution in [2.45, 2.75) is 25.2 Å². The summed E-state index contributed by atoms with van der Waals surface area (Å²) in [5, 5.41) is 4.16. The molecule has 0 saturated carbocycles. The lowest BCUT2D eigenvalue weighted by molar-refractivity contribution is -0.142. The monoisotopic (exact) mass is 330 g/mol. The fourth-order valence-corrected chi connectivity index (χ4v) is 4.59. The van der Waals surface area contributed by atoms with Crippen LogP contribution in [0.15, 0.2) is 29.4 Å². The highest BCUT2D eigenvalue weighted by Gasteiger charge is 2.71. The number of hydrogen-bond acceptors (Lipinski definition) is 5. The predicted octanol–water partition coefficient (Wildman–Crippen LogP) is 0.947. The van der Waals surface area contributed by atoms with E-state index >= 15 is 0 Å². The third kappa shape index (κ3) is 1.55. The fraction of sp³-hybridized carbons (Fsp3) is 0.471. The van der Waals surface area contributed by atoms with Crippen molar-refractivity contribution in [3.8, 4) is 0 Å². The highest BCUT2D eigenvalue weighted by molar-refractivity contribution is 6.09. The van der Waals surface area contributed by atoms with Gasteiger partial charge in [-0.15, -0.1) is 0 Å². The minimum absolute atomic E-state index is 0.163. The van der Waals surface area contributed by atoms with E-state index < -0.39 is 24.0 Å². The summed E-state index contributed by atoms with van der Waals surface area (Å²) in [4.78, 5) is 31.9. The number of rotatable bonds is 2. The van der Waals surface area contributed by atoms with E-state index in [1.165, 1.54) is 17.0 Å². The molecule has 6 nitrogen and oxygen atoms in total. The Morgan fingerprint density at radius 1 is 1.04 bits per heavy atom. The van der Waals surface area contributed by atoms with E-state index in [0.29, 0.717) is 12.3 Å². The molecule has 3 fully saturated rings. The summed E-state index contributed by atoms with van der Waals surface area (Å²) in [6.45, 7) is 2.17.